The smallest absolute Gasteiger partial charge is 0.159 e. The van der Waals surface area contributed by atoms with Gasteiger partial charge in [0.2, 0.25) is 0 Å². The first-order valence-electron chi connectivity index (χ1n) is 7.06. The summed E-state index contributed by atoms with van der Waals surface area (Å²) in [6, 6.07) is 8.59. The Labute approximate surface area is 129 Å². The minimum absolute atomic E-state index is 0.166. The lowest BCUT2D eigenvalue weighted by atomic mass is 10.0. The SMILES string of the molecule is Cc1ccccc1C(C)n1c(CCl)nc2c(C)nn(C)c21. The zero-order valence-corrected chi connectivity index (χ0v) is 13.5. The third kappa shape index (κ3) is 2.14. The van der Waals surface area contributed by atoms with E-state index >= 15 is 0 Å². The number of aryl methyl sites for hydroxylation is 3. The summed E-state index contributed by atoms with van der Waals surface area (Å²) < 4.78 is 4.09. The highest BCUT2D eigenvalue weighted by molar-refractivity contribution is 6.16. The summed E-state index contributed by atoms with van der Waals surface area (Å²) >= 11 is 6.12. The molecular formula is C16H19ClN4. The summed E-state index contributed by atoms with van der Waals surface area (Å²) in [4.78, 5) is 4.68. The second-order valence-electron chi connectivity index (χ2n) is 5.45. The summed E-state index contributed by atoms with van der Waals surface area (Å²) in [5, 5.41) is 4.47. The summed E-state index contributed by atoms with van der Waals surface area (Å²) in [5.74, 6) is 1.28. The van der Waals surface area contributed by atoms with Crippen LogP contribution < -0.4 is 0 Å². The van der Waals surface area contributed by atoms with Crippen LogP contribution in [0.15, 0.2) is 24.3 Å². The van der Waals surface area contributed by atoms with Gasteiger partial charge in [-0.2, -0.15) is 5.10 Å². The molecule has 0 saturated heterocycles. The molecule has 0 spiro atoms. The van der Waals surface area contributed by atoms with E-state index in [4.69, 9.17) is 11.6 Å². The Hall–Kier alpha value is -1.81. The number of alkyl halides is 1. The fourth-order valence-electron chi connectivity index (χ4n) is 3.04. The van der Waals surface area contributed by atoms with Crippen LogP contribution in [0.5, 0.6) is 0 Å². The van der Waals surface area contributed by atoms with Crippen molar-refractivity contribution in [3.8, 4) is 0 Å². The largest absolute Gasteiger partial charge is 0.305 e. The quantitative estimate of drug-likeness (QED) is 0.691. The van der Waals surface area contributed by atoms with Crippen LogP contribution in [0.3, 0.4) is 0 Å². The van der Waals surface area contributed by atoms with E-state index in [9.17, 15) is 0 Å². The molecule has 2 aromatic heterocycles. The minimum Gasteiger partial charge on any atom is -0.305 e. The predicted octanol–water partition coefficient (Wildman–Crippen LogP) is 3.73. The van der Waals surface area contributed by atoms with Gasteiger partial charge in [-0.15, -0.1) is 11.6 Å². The summed E-state index contributed by atoms with van der Waals surface area (Å²) in [5.41, 5.74) is 5.45. The lowest BCUT2D eigenvalue weighted by molar-refractivity contribution is 0.605. The van der Waals surface area contributed by atoms with E-state index in [0.29, 0.717) is 5.88 Å². The number of halogens is 1. The van der Waals surface area contributed by atoms with Crippen molar-refractivity contribution in [1.82, 2.24) is 19.3 Å². The van der Waals surface area contributed by atoms with Gasteiger partial charge in [0.1, 0.15) is 11.3 Å². The van der Waals surface area contributed by atoms with E-state index < -0.39 is 0 Å². The third-order valence-corrected chi connectivity index (χ3v) is 4.29. The van der Waals surface area contributed by atoms with Crippen LogP contribution in [0, 0.1) is 13.8 Å². The van der Waals surface area contributed by atoms with Crippen molar-refractivity contribution in [2.24, 2.45) is 7.05 Å². The molecule has 0 bridgehead atoms. The van der Waals surface area contributed by atoms with Crippen LogP contribution in [-0.4, -0.2) is 19.3 Å². The van der Waals surface area contributed by atoms with Gasteiger partial charge in [-0.1, -0.05) is 24.3 Å². The molecule has 0 amide bonds. The van der Waals surface area contributed by atoms with E-state index in [1.54, 1.807) is 0 Å². The van der Waals surface area contributed by atoms with E-state index in [1.165, 1.54) is 11.1 Å². The maximum atomic E-state index is 6.12. The first kappa shape index (κ1) is 14.1. The van der Waals surface area contributed by atoms with E-state index in [2.05, 4.69) is 52.8 Å². The molecule has 0 saturated carbocycles. The average Bonchev–Trinajstić information content (AvgIpc) is 2.97. The molecule has 0 N–H and O–H groups in total. The van der Waals surface area contributed by atoms with Gasteiger partial charge in [0.05, 0.1) is 17.6 Å². The first-order chi connectivity index (χ1) is 10.0. The molecule has 3 aromatic rings. The van der Waals surface area contributed by atoms with Crippen molar-refractivity contribution < 1.29 is 0 Å². The molecule has 0 aliphatic carbocycles. The Bertz CT molecular complexity index is 800. The molecule has 1 aromatic carbocycles. The Balaban J connectivity index is 2.26. The molecule has 5 heteroatoms. The Kier molecular flexibility index (Phi) is 3.49. The monoisotopic (exact) mass is 302 g/mol. The van der Waals surface area contributed by atoms with Gasteiger partial charge >= 0.3 is 0 Å². The number of fused-ring (bicyclic) bond motifs is 1. The molecular weight excluding hydrogens is 284 g/mol. The number of hydrogen-bond acceptors (Lipinski definition) is 2. The first-order valence-corrected chi connectivity index (χ1v) is 7.60. The van der Waals surface area contributed by atoms with Crippen LogP contribution in [0.4, 0.5) is 0 Å². The normalized spacial score (nSPS) is 13.0. The summed E-state index contributed by atoms with van der Waals surface area (Å²) in [6.45, 7) is 6.30. The van der Waals surface area contributed by atoms with Crippen molar-refractivity contribution in [2.45, 2.75) is 32.7 Å². The fourth-order valence-corrected chi connectivity index (χ4v) is 3.23. The highest BCUT2D eigenvalue weighted by Gasteiger charge is 2.22. The van der Waals surface area contributed by atoms with Crippen LogP contribution in [0.2, 0.25) is 0 Å². The molecule has 110 valence electrons. The molecule has 4 nitrogen and oxygen atoms in total. The molecule has 0 aliphatic rings. The zero-order chi connectivity index (χ0) is 15.1. The van der Waals surface area contributed by atoms with E-state index in [1.807, 2.05) is 18.7 Å². The number of benzene rings is 1. The van der Waals surface area contributed by atoms with E-state index in [0.717, 1.165) is 22.7 Å². The maximum absolute atomic E-state index is 6.12. The molecule has 0 aliphatic heterocycles. The van der Waals surface area contributed by atoms with Crippen molar-refractivity contribution in [2.75, 3.05) is 0 Å². The maximum Gasteiger partial charge on any atom is 0.159 e. The molecule has 0 radical (unpaired) electrons. The molecule has 0 fully saturated rings. The van der Waals surface area contributed by atoms with Gasteiger partial charge in [-0.25, -0.2) is 4.98 Å². The van der Waals surface area contributed by atoms with Crippen LogP contribution in [0.1, 0.15) is 35.6 Å². The molecule has 3 rings (SSSR count). The van der Waals surface area contributed by atoms with Crippen molar-refractivity contribution >= 4 is 22.8 Å². The summed E-state index contributed by atoms with van der Waals surface area (Å²) in [6.07, 6.45) is 0. The molecule has 1 unspecified atom stereocenters. The van der Waals surface area contributed by atoms with Gasteiger partial charge in [0, 0.05) is 7.05 Å². The number of aromatic nitrogens is 4. The second kappa shape index (κ2) is 5.19. The topological polar surface area (TPSA) is 35.6 Å². The van der Waals surface area contributed by atoms with Gasteiger partial charge in [0.25, 0.3) is 0 Å². The minimum atomic E-state index is 0.166. The van der Waals surface area contributed by atoms with Crippen LogP contribution >= 0.6 is 11.6 Å². The Morgan fingerprint density at radius 1 is 1.24 bits per heavy atom. The zero-order valence-electron chi connectivity index (χ0n) is 12.8. The van der Waals surface area contributed by atoms with Crippen molar-refractivity contribution in [3.05, 3.63) is 46.9 Å². The standard InChI is InChI=1S/C16H19ClN4/c1-10-7-5-6-8-13(10)12(3)21-14(9-17)18-15-11(2)19-20(4)16(15)21/h5-8,12H,9H2,1-4H3. The predicted molar refractivity (Wildman–Crippen MR) is 85.8 cm³/mol. The number of nitrogens with zero attached hydrogens (tertiary/aromatic N) is 4. The average molecular weight is 303 g/mol. The molecule has 2 heterocycles. The number of rotatable bonds is 3. The number of imidazole rings is 1. The highest BCUT2D eigenvalue weighted by atomic mass is 35.5. The lowest BCUT2D eigenvalue weighted by Gasteiger charge is -2.19. The highest BCUT2D eigenvalue weighted by Crippen LogP contribution is 2.29. The van der Waals surface area contributed by atoms with Crippen molar-refractivity contribution in [1.29, 1.82) is 0 Å². The lowest BCUT2D eigenvalue weighted by Crippen LogP contribution is -2.13. The van der Waals surface area contributed by atoms with Crippen molar-refractivity contribution in [3.63, 3.8) is 0 Å². The number of hydrogen-bond donors (Lipinski definition) is 0. The summed E-state index contributed by atoms with van der Waals surface area (Å²) in [7, 11) is 1.95. The second-order valence-corrected chi connectivity index (χ2v) is 5.71. The fraction of sp³-hybridized carbons (Fsp3) is 0.375. The van der Waals surface area contributed by atoms with Crippen LogP contribution in [0.25, 0.3) is 11.2 Å². The van der Waals surface area contributed by atoms with Gasteiger partial charge < -0.3 is 4.57 Å². The van der Waals surface area contributed by atoms with Gasteiger partial charge in [0.15, 0.2) is 5.65 Å². The van der Waals surface area contributed by atoms with E-state index in [-0.39, 0.29) is 6.04 Å². The Morgan fingerprint density at radius 2 is 1.95 bits per heavy atom. The Morgan fingerprint density at radius 3 is 2.62 bits per heavy atom. The van der Waals surface area contributed by atoms with Crippen LogP contribution in [-0.2, 0) is 12.9 Å². The third-order valence-electron chi connectivity index (χ3n) is 4.05. The molecule has 21 heavy (non-hydrogen) atoms. The van der Waals surface area contributed by atoms with Gasteiger partial charge in [-0.3, -0.25) is 4.68 Å². The van der Waals surface area contributed by atoms with Gasteiger partial charge in [-0.05, 0) is 31.9 Å². The molecule has 1 atom stereocenters.